The van der Waals surface area contributed by atoms with E-state index < -0.39 is 21.7 Å². The summed E-state index contributed by atoms with van der Waals surface area (Å²) in [6.45, 7) is 6.32. The molecule has 114 valence electrons. The van der Waals surface area contributed by atoms with Gasteiger partial charge in [0.05, 0.1) is 4.90 Å². The summed E-state index contributed by atoms with van der Waals surface area (Å²) in [6, 6.07) is 2.50. The molecule has 0 aliphatic heterocycles. The van der Waals surface area contributed by atoms with Gasteiger partial charge in [0.25, 0.3) is 0 Å². The lowest BCUT2D eigenvalue weighted by molar-refractivity contribution is 0.373. The summed E-state index contributed by atoms with van der Waals surface area (Å²) in [5, 5.41) is 0. The highest BCUT2D eigenvalue weighted by Crippen LogP contribution is 2.24. The first-order valence-electron chi connectivity index (χ1n) is 6.10. The monoisotopic (exact) mass is 369 g/mol. The minimum Gasteiger partial charge on any atom is -0.210 e. The van der Waals surface area contributed by atoms with Gasteiger partial charge in [-0.3, -0.25) is 0 Å². The fourth-order valence-corrected chi connectivity index (χ4v) is 4.10. The van der Waals surface area contributed by atoms with E-state index >= 15 is 0 Å². The van der Waals surface area contributed by atoms with Crippen LogP contribution in [0.15, 0.2) is 23.1 Å². The smallest absolute Gasteiger partial charge is 0.210 e. The van der Waals surface area contributed by atoms with Gasteiger partial charge >= 0.3 is 0 Å². The molecule has 0 bridgehead atoms. The zero-order chi connectivity index (χ0) is 15.6. The minimum absolute atomic E-state index is 0.0393. The van der Waals surface area contributed by atoms with Gasteiger partial charge in [0.2, 0.25) is 10.0 Å². The van der Waals surface area contributed by atoms with Crippen LogP contribution in [0, 0.1) is 17.0 Å². The van der Waals surface area contributed by atoms with Crippen LogP contribution < -0.4 is 4.72 Å². The van der Waals surface area contributed by atoms with Crippen molar-refractivity contribution in [2.45, 2.75) is 36.9 Å². The maximum atomic E-state index is 13.1. The normalized spacial score (nSPS) is 14.3. The SMILES string of the molecule is CC(C)(C)CC(Br)CNS(=O)(=O)c1ccc(F)c(F)c1. The molecule has 7 heteroatoms. The number of halogens is 3. The van der Waals surface area contributed by atoms with Gasteiger partial charge in [-0.1, -0.05) is 36.7 Å². The van der Waals surface area contributed by atoms with E-state index in [4.69, 9.17) is 0 Å². The summed E-state index contributed by atoms with van der Waals surface area (Å²) in [7, 11) is -3.84. The second-order valence-corrected chi connectivity index (χ2v) is 8.85. The van der Waals surface area contributed by atoms with Crippen LogP contribution in [0.4, 0.5) is 8.78 Å². The summed E-state index contributed by atoms with van der Waals surface area (Å²) in [6.07, 6.45) is 0.771. The summed E-state index contributed by atoms with van der Waals surface area (Å²) in [4.78, 5) is -0.325. The number of nitrogens with one attached hydrogen (secondary N) is 1. The summed E-state index contributed by atoms with van der Waals surface area (Å²) >= 11 is 3.40. The Morgan fingerprint density at radius 1 is 1.25 bits per heavy atom. The molecule has 0 aromatic heterocycles. The zero-order valence-electron chi connectivity index (χ0n) is 11.6. The maximum absolute atomic E-state index is 13.1. The van der Waals surface area contributed by atoms with Crippen molar-refractivity contribution >= 4 is 26.0 Å². The van der Waals surface area contributed by atoms with E-state index in [2.05, 4.69) is 20.7 Å². The van der Waals surface area contributed by atoms with Gasteiger partial charge in [0.1, 0.15) is 0 Å². The lowest BCUT2D eigenvalue weighted by Gasteiger charge is -2.22. The Hall–Kier alpha value is -0.530. The van der Waals surface area contributed by atoms with Crippen molar-refractivity contribution in [3.8, 4) is 0 Å². The quantitative estimate of drug-likeness (QED) is 0.808. The largest absolute Gasteiger partial charge is 0.240 e. The van der Waals surface area contributed by atoms with Crippen LogP contribution in [0.2, 0.25) is 0 Å². The van der Waals surface area contributed by atoms with Crippen LogP contribution in [0.1, 0.15) is 27.2 Å². The molecule has 0 aliphatic carbocycles. The number of alkyl halides is 1. The maximum Gasteiger partial charge on any atom is 0.240 e. The van der Waals surface area contributed by atoms with Gasteiger partial charge in [0.15, 0.2) is 11.6 Å². The third-order valence-electron chi connectivity index (χ3n) is 2.53. The molecule has 0 radical (unpaired) electrons. The predicted molar refractivity (Wildman–Crippen MR) is 78.3 cm³/mol. The van der Waals surface area contributed by atoms with Crippen LogP contribution in [0.3, 0.4) is 0 Å². The van der Waals surface area contributed by atoms with Crippen molar-refractivity contribution < 1.29 is 17.2 Å². The molecular formula is C13H18BrF2NO2S. The van der Waals surface area contributed by atoms with Crippen molar-refractivity contribution in [1.82, 2.24) is 4.72 Å². The van der Waals surface area contributed by atoms with Crippen LogP contribution in [-0.2, 0) is 10.0 Å². The first-order valence-corrected chi connectivity index (χ1v) is 8.50. The van der Waals surface area contributed by atoms with E-state index in [1.54, 1.807) is 0 Å². The number of sulfonamides is 1. The number of hydrogen-bond acceptors (Lipinski definition) is 2. The lowest BCUT2D eigenvalue weighted by Crippen LogP contribution is -2.31. The van der Waals surface area contributed by atoms with E-state index in [0.29, 0.717) is 6.07 Å². The molecule has 0 spiro atoms. The van der Waals surface area contributed by atoms with Crippen molar-refractivity contribution in [2.75, 3.05) is 6.54 Å². The highest BCUT2D eigenvalue weighted by molar-refractivity contribution is 9.09. The van der Waals surface area contributed by atoms with E-state index in [-0.39, 0.29) is 21.7 Å². The second kappa shape index (κ2) is 6.49. The molecule has 0 fully saturated rings. The van der Waals surface area contributed by atoms with Gasteiger partial charge in [-0.2, -0.15) is 0 Å². The molecule has 1 atom stereocenters. The van der Waals surface area contributed by atoms with E-state index in [1.807, 2.05) is 20.8 Å². The van der Waals surface area contributed by atoms with Gasteiger partial charge in [0, 0.05) is 11.4 Å². The Balaban J connectivity index is 2.73. The zero-order valence-corrected chi connectivity index (χ0v) is 14.0. The highest BCUT2D eigenvalue weighted by Gasteiger charge is 2.20. The lowest BCUT2D eigenvalue weighted by atomic mass is 9.91. The van der Waals surface area contributed by atoms with Crippen LogP contribution in [-0.4, -0.2) is 19.8 Å². The molecule has 0 heterocycles. The molecular weight excluding hydrogens is 352 g/mol. The van der Waals surface area contributed by atoms with Crippen molar-refractivity contribution in [3.05, 3.63) is 29.8 Å². The second-order valence-electron chi connectivity index (χ2n) is 5.79. The molecule has 1 rings (SSSR count). The van der Waals surface area contributed by atoms with Gasteiger partial charge in [-0.05, 0) is 30.0 Å². The van der Waals surface area contributed by atoms with Crippen LogP contribution in [0.5, 0.6) is 0 Å². The number of benzene rings is 1. The Kier molecular flexibility index (Phi) is 5.69. The average Bonchev–Trinajstić information content (AvgIpc) is 2.28. The Morgan fingerprint density at radius 2 is 1.85 bits per heavy atom. The third kappa shape index (κ3) is 5.46. The highest BCUT2D eigenvalue weighted by atomic mass is 79.9. The molecule has 0 saturated carbocycles. The van der Waals surface area contributed by atoms with Crippen LogP contribution in [0.25, 0.3) is 0 Å². The Morgan fingerprint density at radius 3 is 2.35 bits per heavy atom. The van der Waals surface area contributed by atoms with Gasteiger partial charge in [-0.15, -0.1) is 0 Å². The molecule has 0 aliphatic rings. The molecule has 1 N–H and O–H groups in total. The van der Waals surface area contributed by atoms with E-state index in [0.717, 1.165) is 18.6 Å². The molecule has 3 nitrogen and oxygen atoms in total. The van der Waals surface area contributed by atoms with Gasteiger partial charge in [-0.25, -0.2) is 21.9 Å². The first kappa shape index (κ1) is 17.5. The Bertz CT molecular complexity index is 570. The fourth-order valence-electron chi connectivity index (χ4n) is 1.66. The molecule has 0 amide bonds. The molecule has 1 aromatic rings. The molecule has 1 aromatic carbocycles. The van der Waals surface area contributed by atoms with E-state index in [9.17, 15) is 17.2 Å². The van der Waals surface area contributed by atoms with Crippen LogP contribution >= 0.6 is 15.9 Å². The molecule has 0 saturated heterocycles. The van der Waals surface area contributed by atoms with Crippen molar-refractivity contribution in [1.29, 1.82) is 0 Å². The van der Waals surface area contributed by atoms with Gasteiger partial charge < -0.3 is 0 Å². The summed E-state index contributed by atoms with van der Waals surface area (Å²) in [5.41, 5.74) is 0.0571. The summed E-state index contributed by atoms with van der Waals surface area (Å²) in [5.74, 6) is -2.26. The minimum atomic E-state index is -3.84. The first-order chi connectivity index (χ1) is 9.01. The fraction of sp³-hybridized carbons (Fsp3) is 0.538. The average molecular weight is 370 g/mol. The van der Waals surface area contributed by atoms with E-state index in [1.165, 1.54) is 0 Å². The standard InChI is InChI=1S/C13H18BrF2NO2S/c1-13(2,3)7-9(14)8-17-20(18,19)10-4-5-11(15)12(16)6-10/h4-6,9,17H,7-8H2,1-3H3. The van der Waals surface area contributed by atoms with Crippen molar-refractivity contribution in [3.63, 3.8) is 0 Å². The third-order valence-corrected chi connectivity index (χ3v) is 4.60. The van der Waals surface area contributed by atoms with Crippen molar-refractivity contribution in [2.24, 2.45) is 5.41 Å². The molecule has 20 heavy (non-hydrogen) atoms. The number of hydrogen-bond donors (Lipinski definition) is 1. The Labute approximate surface area is 126 Å². The predicted octanol–water partition coefficient (Wildman–Crippen LogP) is 3.44. The number of rotatable bonds is 5. The topological polar surface area (TPSA) is 46.2 Å². The summed E-state index contributed by atoms with van der Waals surface area (Å²) < 4.78 is 52.1. The molecule has 1 unspecified atom stereocenters.